The molecule has 0 saturated carbocycles. The summed E-state index contributed by atoms with van der Waals surface area (Å²) in [5.41, 5.74) is 3.63. The first-order valence-electron chi connectivity index (χ1n) is 11.6. The van der Waals surface area contributed by atoms with E-state index in [4.69, 9.17) is 5.21 Å². The van der Waals surface area contributed by atoms with E-state index < -0.39 is 21.5 Å². The van der Waals surface area contributed by atoms with Crippen LogP contribution in [0.4, 0.5) is 5.69 Å². The molecule has 5 N–H and O–H groups in total. The highest BCUT2D eigenvalue weighted by Gasteiger charge is 2.47. The number of hydrogen-bond donors (Lipinski definition) is 5. The van der Waals surface area contributed by atoms with Crippen LogP contribution < -0.4 is 16.1 Å². The lowest BCUT2D eigenvalue weighted by Gasteiger charge is -2.34. The number of phenolic OH excluding ortho intramolecular Hbond substituents is 1. The minimum atomic E-state index is -3.56. The average Bonchev–Trinajstić information content (AvgIpc) is 3.14. The van der Waals surface area contributed by atoms with Crippen LogP contribution in [-0.2, 0) is 26.0 Å². The van der Waals surface area contributed by atoms with Gasteiger partial charge in [-0.1, -0.05) is 18.2 Å². The largest absolute Gasteiger partial charge is 0.508 e. The van der Waals surface area contributed by atoms with Crippen molar-refractivity contribution in [3.8, 4) is 5.75 Å². The molecular weight excluding hydrogens is 486 g/mol. The number of sulfonamides is 1. The second-order valence-corrected chi connectivity index (χ2v) is 11.1. The van der Waals surface area contributed by atoms with Gasteiger partial charge in [0.25, 0.3) is 5.91 Å². The number of carbonyl (C=O) groups excluding carboxylic acids is 2. The Morgan fingerprint density at radius 2 is 1.94 bits per heavy atom. The number of rotatable bonds is 8. The second-order valence-electron chi connectivity index (χ2n) is 8.99. The maximum absolute atomic E-state index is 13.0. The fourth-order valence-electron chi connectivity index (χ4n) is 4.48. The first-order chi connectivity index (χ1) is 17.1. The zero-order valence-corrected chi connectivity index (χ0v) is 20.6. The van der Waals surface area contributed by atoms with Crippen LogP contribution in [-0.4, -0.2) is 71.6 Å². The van der Waals surface area contributed by atoms with Crippen LogP contribution in [0, 0.1) is 6.92 Å². The zero-order valence-electron chi connectivity index (χ0n) is 19.8. The van der Waals surface area contributed by atoms with Crippen LogP contribution in [0.15, 0.2) is 47.5 Å². The number of carbonyl (C=O) groups is 2. The Hall–Kier alpha value is -3.32. The number of aromatic hydroxyl groups is 1. The molecule has 2 aromatic rings. The van der Waals surface area contributed by atoms with Crippen molar-refractivity contribution in [2.45, 2.75) is 31.7 Å². The normalized spacial score (nSPS) is 17.6. The summed E-state index contributed by atoms with van der Waals surface area (Å²) in [6.07, 6.45) is 0.857. The summed E-state index contributed by atoms with van der Waals surface area (Å²) in [6.45, 7) is 1.98. The van der Waals surface area contributed by atoms with Gasteiger partial charge in [0.1, 0.15) is 23.7 Å². The standard InChI is InChI=1S/C24H29N5O6S/c1-16-13-19(26-21(31)15-25-33)6-5-17(16)7-12-36(34,35)29-10-8-24(9-11-29)23(32)27-22(28-24)18-3-2-4-20(30)14-18/h2-6,13-14,25,30,33H,7-12,15H2,1H3,(H,26,31)(H,27,28,32). The predicted molar refractivity (Wildman–Crippen MR) is 133 cm³/mol. The molecule has 2 aliphatic rings. The third kappa shape index (κ3) is 5.57. The fraction of sp³-hybridized carbons (Fsp3) is 0.375. The van der Waals surface area contributed by atoms with Gasteiger partial charge in [-0.15, -0.1) is 0 Å². The van der Waals surface area contributed by atoms with E-state index in [1.807, 2.05) is 6.92 Å². The molecule has 2 aliphatic heterocycles. The van der Waals surface area contributed by atoms with Crippen LogP contribution in [0.25, 0.3) is 0 Å². The Bertz CT molecular complexity index is 1300. The van der Waals surface area contributed by atoms with Gasteiger partial charge in [0.2, 0.25) is 15.9 Å². The first-order valence-corrected chi connectivity index (χ1v) is 13.2. The highest BCUT2D eigenvalue weighted by Crippen LogP contribution is 2.32. The Labute approximate surface area is 209 Å². The van der Waals surface area contributed by atoms with Gasteiger partial charge in [-0.25, -0.2) is 12.7 Å². The molecular formula is C24H29N5O6S. The van der Waals surface area contributed by atoms with Gasteiger partial charge >= 0.3 is 0 Å². The number of phenols is 1. The van der Waals surface area contributed by atoms with Crippen LogP contribution in [0.5, 0.6) is 5.75 Å². The smallest absolute Gasteiger partial charge is 0.253 e. The van der Waals surface area contributed by atoms with Gasteiger partial charge in [-0.05, 0) is 61.6 Å². The first kappa shape index (κ1) is 25.8. The van der Waals surface area contributed by atoms with Gasteiger partial charge < -0.3 is 20.9 Å². The fourth-order valence-corrected chi connectivity index (χ4v) is 5.95. The van der Waals surface area contributed by atoms with E-state index in [2.05, 4.69) is 15.6 Å². The van der Waals surface area contributed by atoms with E-state index in [1.54, 1.807) is 35.8 Å². The van der Waals surface area contributed by atoms with Crippen LogP contribution >= 0.6 is 0 Å². The SMILES string of the molecule is Cc1cc(NC(=O)CNO)ccc1CCS(=O)(=O)N1CCC2(CC1)N=C(c1cccc(O)c1)NC2=O. The maximum atomic E-state index is 13.0. The number of hydrogen-bond acceptors (Lipinski definition) is 8. The van der Waals surface area contributed by atoms with Crippen molar-refractivity contribution in [1.82, 2.24) is 15.1 Å². The van der Waals surface area contributed by atoms with E-state index in [1.165, 1.54) is 16.4 Å². The molecule has 0 unspecified atom stereocenters. The number of aliphatic imine (C=N–C) groups is 1. The Morgan fingerprint density at radius 3 is 2.61 bits per heavy atom. The van der Waals surface area contributed by atoms with Crippen LogP contribution in [0.3, 0.4) is 0 Å². The molecule has 1 spiro atoms. The summed E-state index contributed by atoms with van der Waals surface area (Å²) in [4.78, 5) is 29.0. The lowest BCUT2D eigenvalue weighted by atomic mass is 9.89. The lowest BCUT2D eigenvalue weighted by molar-refractivity contribution is -0.125. The van der Waals surface area contributed by atoms with Crippen LogP contribution in [0.1, 0.15) is 29.5 Å². The lowest BCUT2D eigenvalue weighted by Crippen LogP contribution is -2.50. The highest BCUT2D eigenvalue weighted by molar-refractivity contribution is 7.89. The Kier molecular flexibility index (Phi) is 7.41. The molecule has 1 saturated heterocycles. The van der Waals surface area contributed by atoms with Crippen molar-refractivity contribution in [2.24, 2.45) is 4.99 Å². The van der Waals surface area contributed by atoms with E-state index in [0.717, 1.165) is 11.1 Å². The third-order valence-electron chi connectivity index (χ3n) is 6.54. The molecule has 36 heavy (non-hydrogen) atoms. The Balaban J connectivity index is 1.37. The molecule has 2 aromatic carbocycles. The van der Waals surface area contributed by atoms with E-state index >= 15 is 0 Å². The number of anilines is 1. The molecule has 0 aliphatic carbocycles. The minimum absolute atomic E-state index is 0.0694. The number of nitrogens with zero attached hydrogens (tertiary/aromatic N) is 2. The number of amides is 2. The van der Waals surface area contributed by atoms with Crippen molar-refractivity contribution in [3.63, 3.8) is 0 Å². The molecule has 4 rings (SSSR count). The van der Waals surface area contributed by atoms with Crippen LogP contribution in [0.2, 0.25) is 0 Å². The van der Waals surface area contributed by atoms with E-state index in [9.17, 15) is 23.1 Å². The molecule has 0 aromatic heterocycles. The summed E-state index contributed by atoms with van der Waals surface area (Å²) < 4.78 is 27.5. The third-order valence-corrected chi connectivity index (χ3v) is 8.41. The monoisotopic (exact) mass is 515 g/mol. The van der Waals surface area contributed by atoms with Crippen molar-refractivity contribution < 1.29 is 28.3 Å². The van der Waals surface area contributed by atoms with Crippen molar-refractivity contribution >= 4 is 33.4 Å². The summed E-state index contributed by atoms with van der Waals surface area (Å²) in [5, 5.41) is 23.7. The minimum Gasteiger partial charge on any atom is -0.508 e. The zero-order chi connectivity index (χ0) is 25.9. The van der Waals surface area contributed by atoms with Gasteiger partial charge in [0, 0.05) is 24.3 Å². The molecule has 1 fully saturated rings. The number of aryl methyl sites for hydroxylation is 2. The summed E-state index contributed by atoms with van der Waals surface area (Å²) in [5.74, 6) is -0.278. The molecule has 0 radical (unpaired) electrons. The van der Waals surface area contributed by atoms with Crippen molar-refractivity contribution in [2.75, 3.05) is 30.7 Å². The molecule has 0 atom stereocenters. The predicted octanol–water partition coefficient (Wildman–Crippen LogP) is 0.901. The number of piperidine rings is 1. The topological polar surface area (TPSA) is 160 Å². The highest BCUT2D eigenvalue weighted by atomic mass is 32.2. The molecule has 11 nitrogen and oxygen atoms in total. The molecule has 0 bridgehead atoms. The van der Waals surface area contributed by atoms with Gasteiger partial charge in [0.05, 0.1) is 5.75 Å². The summed E-state index contributed by atoms with van der Waals surface area (Å²) in [6, 6.07) is 11.7. The molecule has 192 valence electrons. The van der Waals surface area contributed by atoms with Gasteiger partial charge in [0.15, 0.2) is 0 Å². The average molecular weight is 516 g/mol. The van der Waals surface area contributed by atoms with E-state index in [0.29, 0.717) is 23.5 Å². The van der Waals surface area contributed by atoms with Gasteiger partial charge in [-0.3, -0.25) is 14.6 Å². The van der Waals surface area contributed by atoms with E-state index in [-0.39, 0.29) is 49.9 Å². The molecule has 2 amide bonds. The summed E-state index contributed by atoms with van der Waals surface area (Å²) >= 11 is 0. The molecule has 12 heteroatoms. The number of benzene rings is 2. The number of hydroxylamine groups is 1. The van der Waals surface area contributed by atoms with Gasteiger partial charge in [-0.2, -0.15) is 5.48 Å². The maximum Gasteiger partial charge on any atom is 0.253 e. The number of nitrogens with one attached hydrogen (secondary N) is 3. The molecule has 2 heterocycles. The second kappa shape index (κ2) is 10.3. The van der Waals surface area contributed by atoms with Crippen molar-refractivity contribution in [3.05, 3.63) is 59.2 Å². The van der Waals surface area contributed by atoms with Crippen molar-refractivity contribution in [1.29, 1.82) is 0 Å². The summed E-state index contributed by atoms with van der Waals surface area (Å²) in [7, 11) is -3.56. The number of amidine groups is 1. The quantitative estimate of drug-likeness (QED) is 0.327. The Morgan fingerprint density at radius 1 is 1.19 bits per heavy atom.